The predicted molar refractivity (Wildman–Crippen MR) is 75.9 cm³/mol. The van der Waals surface area contributed by atoms with Crippen molar-refractivity contribution in [2.75, 3.05) is 11.9 Å². The molecule has 0 aromatic heterocycles. The van der Waals surface area contributed by atoms with E-state index < -0.39 is 0 Å². The SMILES string of the molecule is O=[N+]([O-])c1ccc(Br)cc1NCC1CCCCC1. The summed E-state index contributed by atoms with van der Waals surface area (Å²) in [7, 11) is 0. The minimum atomic E-state index is -0.338. The molecule has 0 aliphatic heterocycles. The Morgan fingerprint density at radius 2 is 2.06 bits per heavy atom. The summed E-state index contributed by atoms with van der Waals surface area (Å²) in [5.41, 5.74) is 0.758. The fourth-order valence-electron chi connectivity index (χ4n) is 2.45. The van der Waals surface area contributed by atoms with E-state index in [2.05, 4.69) is 21.2 Å². The summed E-state index contributed by atoms with van der Waals surface area (Å²) < 4.78 is 0.860. The summed E-state index contributed by atoms with van der Waals surface area (Å²) in [5.74, 6) is 0.650. The van der Waals surface area contributed by atoms with Gasteiger partial charge in [0.2, 0.25) is 0 Å². The molecular formula is C13H17BrN2O2. The molecule has 0 saturated heterocycles. The number of hydrogen-bond donors (Lipinski definition) is 1. The van der Waals surface area contributed by atoms with E-state index in [1.165, 1.54) is 38.2 Å². The third-order valence-electron chi connectivity index (χ3n) is 3.46. The Bertz CT molecular complexity index is 431. The third kappa shape index (κ3) is 3.45. The first-order valence-corrected chi connectivity index (χ1v) is 7.14. The molecule has 1 aromatic rings. The molecule has 1 fully saturated rings. The van der Waals surface area contributed by atoms with Gasteiger partial charge in [-0.05, 0) is 30.9 Å². The molecule has 2 rings (SSSR count). The number of benzene rings is 1. The van der Waals surface area contributed by atoms with Gasteiger partial charge in [0.25, 0.3) is 5.69 Å². The van der Waals surface area contributed by atoms with Crippen molar-refractivity contribution in [2.45, 2.75) is 32.1 Å². The van der Waals surface area contributed by atoms with Gasteiger partial charge in [-0.25, -0.2) is 0 Å². The molecule has 18 heavy (non-hydrogen) atoms. The van der Waals surface area contributed by atoms with Gasteiger partial charge in [-0.2, -0.15) is 0 Å². The highest BCUT2D eigenvalue weighted by Gasteiger charge is 2.17. The first-order valence-electron chi connectivity index (χ1n) is 6.34. The zero-order chi connectivity index (χ0) is 13.0. The van der Waals surface area contributed by atoms with Gasteiger partial charge in [-0.15, -0.1) is 0 Å². The average Bonchev–Trinajstić information content (AvgIpc) is 2.37. The molecule has 0 unspecified atom stereocenters. The van der Waals surface area contributed by atoms with Crippen molar-refractivity contribution in [3.05, 3.63) is 32.8 Å². The molecule has 0 atom stereocenters. The van der Waals surface area contributed by atoms with Gasteiger partial charge in [0.05, 0.1) is 4.92 Å². The molecule has 0 amide bonds. The maximum absolute atomic E-state index is 10.9. The van der Waals surface area contributed by atoms with Gasteiger partial charge >= 0.3 is 0 Å². The van der Waals surface area contributed by atoms with Crippen molar-refractivity contribution in [3.63, 3.8) is 0 Å². The monoisotopic (exact) mass is 312 g/mol. The lowest BCUT2D eigenvalue weighted by molar-refractivity contribution is -0.384. The summed E-state index contributed by atoms with van der Waals surface area (Å²) in [6, 6.07) is 5.01. The Labute approximate surface area is 115 Å². The van der Waals surface area contributed by atoms with E-state index in [-0.39, 0.29) is 10.6 Å². The van der Waals surface area contributed by atoms with E-state index in [0.717, 1.165) is 11.0 Å². The van der Waals surface area contributed by atoms with Crippen LogP contribution in [0.3, 0.4) is 0 Å². The van der Waals surface area contributed by atoms with Crippen LogP contribution < -0.4 is 5.32 Å². The zero-order valence-electron chi connectivity index (χ0n) is 10.2. The van der Waals surface area contributed by atoms with Crippen LogP contribution in [0.2, 0.25) is 0 Å². The first kappa shape index (κ1) is 13.3. The highest BCUT2D eigenvalue weighted by molar-refractivity contribution is 9.10. The van der Waals surface area contributed by atoms with Gasteiger partial charge in [0.1, 0.15) is 5.69 Å². The molecule has 1 aromatic carbocycles. The van der Waals surface area contributed by atoms with E-state index in [0.29, 0.717) is 11.6 Å². The van der Waals surface area contributed by atoms with E-state index in [1.54, 1.807) is 12.1 Å². The summed E-state index contributed by atoms with van der Waals surface area (Å²) >= 11 is 3.35. The van der Waals surface area contributed by atoms with Crippen LogP contribution in [0, 0.1) is 16.0 Å². The second kappa shape index (κ2) is 6.18. The summed E-state index contributed by atoms with van der Waals surface area (Å²) in [6.45, 7) is 0.831. The molecule has 0 heterocycles. The van der Waals surface area contributed by atoms with Crippen LogP contribution in [0.1, 0.15) is 32.1 Å². The fourth-order valence-corrected chi connectivity index (χ4v) is 2.82. The van der Waals surface area contributed by atoms with Crippen LogP contribution in [0.15, 0.2) is 22.7 Å². The second-order valence-corrected chi connectivity index (χ2v) is 5.72. The van der Waals surface area contributed by atoms with Crippen LogP contribution >= 0.6 is 15.9 Å². The Kier molecular flexibility index (Phi) is 4.58. The van der Waals surface area contributed by atoms with Crippen LogP contribution in [0.5, 0.6) is 0 Å². The van der Waals surface area contributed by atoms with Crippen molar-refractivity contribution >= 4 is 27.3 Å². The molecular weight excluding hydrogens is 296 g/mol. The minimum absolute atomic E-state index is 0.147. The number of hydrogen-bond acceptors (Lipinski definition) is 3. The highest BCUT2D eigenvalue weighted by atomic mass is 79.9. The predicted octanol–water partition coefficient (Wildman–Crippen LogP) is 4.35. The quantitative estimate of drug-likeness (QED) is 0.664. The number of anilines is 1. The molecule has 0 bridgehead atoms. The number of nitrogens with one attached hydrogen (secondary N) is 1. The number of nitro groups is 1. The van der Waals surface area contributed by atoms with Gasteiger partial charge in [0.15, 0.2) is 0 Å². The smallest absolute Gasteiger partial charge is 0.292 e. The van der Waals surface area contributed by atoms with Crippen LogP contribution in [0.25, 0.3) is 0 Å². The summed E-state index contributed by atoms with van der Waals surface area (Å²) in [4.78, 5) is 10.6. The summed E-state index contributed by atoms with van der Waals surface area (Å²) in [6.07, 6.45) is 6.36. The topological polar surface area (TPSA) is 55.2 Å². The number of halogens is 1. The maximum Gasteiger partial charge on any atom is 0.292 e. The Hall–Kier alpha value is -1.10. The third-order valence-corrected chi connectivity index (χ3v) is 3.95. The molecule has 98 valence electrons. The standard InChI is InChI=1S/C13H17BrN2O2/c14-11-6-7-13(16(17)18)12(8-11)15-9-10-4-2-1-3-5-10/h6-8,10,15H,1-5,9H2. The van der Waals surface area contributed by atoms with E-state index in [1.807, 2.05) is 0 Å². The first-order chi connectivity index (χ1) is 8.66. The van der Waals surface area contributed by atoms with Gasteiger partial charge < -0.3 is 5.32 Å². The second-order valence-electron chi connectivity index (χ2n) is 4.80. The lowest BCUT2D eigenvalue weighted by Crippen LogP contribution is -2.17. The van der Waals surface area contributed by atoms with Crippen molar-refractivity contribution < 1.29 is 4.92 Å². The van der Waals surface area contributed by atoms with Crippen molar-refractivity contribution in [2.24, 2.45) is 5.92 Å². The molecule has 1 N–H and O–H groups in total. The number of nitro benzene ring substituents is 1. The van der Waals surface area contributed by atoms with Gasteiger partial charge in [0, 0.05) is 17.1 Å². The lowest BCUT2D eigenvalue weighted by atomic mass is 9.89. The average molecular weight is 313 g/mol. The van der Waals surface area contributed by atoms with Crippen LogP contribution in [-0.2, 0) is 0 Å². The zero-order valence-corrected chi connectivity index (χ0v) is 11.8. The molecule has 4 nitrogen and oxygen atoms in total. The lowest BCUT2D eigenvalue weighted by Gasteiger charge is -2.22. The van der Waals surface area contributed by atoms with E-state index in [9.17, 15) is 10.1 Å². The highest BCUT2D eigenvalue weighted by Crippen LogP contribution is 2.29. The van der Waals surface area contributed by atoms with Crippen LogP contribution in [-0.4, -0.2) is 11.5 Å². The molecule has 1 saturated carbocycles. The van der Waals surface area contributed by atoms with E-state index in [4.69, 9.17) is 0 Å². The van der Waals surface area contributed by atoms with Gasteiger partial charge in [-0.1, -0.05) is 35.2 Å². The minimum Gasteiger partial charge on any atom is -0.379 e. The van der Waals surface area contributed by atoms with Crippen molar-refractivity contribution in [1.29, 1.82) is 0 Å². The number of rotatable bonds is 4. The number of nitrogens with zero attached hydrogens (tertiary/aromatic N) is 1. The van der Waals surface area contributed by atoms with E-state index >= 15 is 0 Å². The molecule has 5 heteroatoms. The van der Waals surface area contributed by atoms with Crippen molar-refractivity contribution in [3.8, 4) is 0 Å². The molecule has 0 radical (unpaired) electrons. The Balaban J connectivity index is 2.03. The largest absolute Gasteiger partial charge is 0.379 e. The Morgan fingerprint density at radius 1 is 1.33 bits per heavy atom. The molecule has 1 aliphatic rings. The van der Waals surface area contributed by atoms with Crippen molar-refractivity contribution in [1.82, 2.24) is 0 Å². The van der Waals surface area contributed by atoms with Crippen LogP contribution in [0.4, 0.5) is 11.4 Å². The molecule has 0 spiro atoms. The Morgan fingerprint density at radius 3 is 2.72 bits per heavy atom. The normalized spacial score (nSPS) is 16.5. The van der Waals surface area contributed by atoms with Gasteiger partial charge in [-0.3, -0.25) is 10.1 Å². The fraction of sp³-hybridized carbons (Fsp3) is 0.538. The maximum atomic E-state index is 10.9. The summed E-state index contributed by atoms with van der Waals surface area (Å²) in [5, 5.41) is 14.2. The molecule has 1 aliphatic carbocycles.